The summed E-state index contributed by atoms with van der Waals surface area (Å²) in [6.07, 6.45) is 0.0647. The molecule has 0 saturated carbocycles. The monoisotopic (exact) mass is 344 g/mol. The third kappa shape index (κ3) is 2.87. The highest BCUT2D eigenvalue weighted by atomic mass is 79.9. The molecule has 0 aliphatic carbocycles. The molecule has 0 aliphatic heterocycles. The van der Waals surface area contributed by atoms with Gasteiger partial charge in [-0.1, -0.05) is 11.6 Å². The minimum atomic E-state index is -0.565. The Kier molecular flexibility index (Phi) is 4.06. The van der Waals surface area contributed by atoms with E-state index in [0.29, 0.717) is 10.7 Å². The number of benzene rings is 1. The summed E-state index contributed by atoms with van der Waals surface area (Å²) >= 11 is 9.16. The van der Waals surface area contributed by atoms with Gasteiger partial charge in [-0.05, 0) is 41.1 Å². The van der Waals surface area contributed by atoms with Crippen LogP contribution in [0.25, 0.3) is 0 Å². The van der Waals surface area contributed by atoms with Crippen LogP contribution < -0.4 is 0 Å². The van der Waals surface area contributed by atoms with E-state index < -0.39 is 5.82 Å². The summed E-state index contributed by atoms with van der Waals surface area (Å²) in [6, 6.07) is 3.95. The van der Waals surface area contributed by atoms with Crippen LogP contribution in [-0.4, -0.2) is 15.6 Å². The Balaban J connectivity index is 2.33. The number of ketones is 1. The average molecular weight is 346 g/mol. The van der Waals surface area contributed by atoms with E-state index in [0.717, 1.165) is 10.2 Å². The SMILES string of the molecule is Cc1nn(C)c(CC(=O)c2cc(Cl)ccc2F)c1Br. The first-order chi connectivity index (χ1) is 8.90. The summed E-state index contributed by atoms with van der Waals surface area (Å²) in [5.41, 5.74) is 1.50. The minimum absolute atomic E-state index is 0.00162. The van der Waals surface area contributed by atoms with Gasteiger partial charge in [-0.3, -0.25) is 9.48 Å². The van der Waals surface area contributed by atoms with Crippen molar-refractivity contribution in [3.05, 3.63) is 50.5 Å². The molecular weight excluding hydrogens is 335 g/mol. The minimum Gasteiger partial charge on any atom is -0.294 e. The van der Waals surface area contributed by atoms with Gasteiger partial charge in [0.1, 0.15) is 5.82 Å². The summed E-state index contributed by atoms with van der Waals surface area (Å²) in [7, 11) is 1.74. The molecule has 2 rings (SSSR count). The number of hydrogen-bond donors (Lipinski definition) is 0. The zero-order valence-electron chi connectivity index (χ0n) is 10.4. The molecule has 0 atom stereocenters. The van der Waals surface area contributed by atoms with Crippen molar-refractivity contribution in [3.63, 3.8) is 0 Å². The molecule has 0 saturated heterocycles. The molecule has 0 unspecified atom stereocenters. The lowest BCUT2D eigenvalue weighted by molar-refractivity contribution is 0.0986. The van der Waals surface area contributed by atoms with Gasteiger partial charge in [-0.25, -0.2) is 4.39 Å². The first-order valence-electron chi connectivity index (χ1n) is 5.56. The molecule has 0 fully saturated rings. The third-order valence-electron chi connectivity index (χ3n) is 2.82. The Labute approximate surface area is 123 Å². The van der Waals surface area contributed by atoms with E-state index in [1.54, 1.807) is 11.7 Å². The van der Waals surface area contributed by atoms with Crippen molar-refractivity contribution in [2.45, 2.75) is 13.3 Å². The van der Waals surface area contributed by atoms with E-state index in [-0.39, 0.29) is 17.8 Å². The van der Waals surface area contributed by atoms with Crippen molar-refractivity contribution in [1.82, 2.24) is 9.78 Å². The number of halogens is 3. The summed E-state index contributed by atoms with van der Waals surface area (Å²) in [5, 5.41) is 4.53. The highest BCUT2D eigenvalue weighted by Crippen LogP contribution is 2.23. The molecular formula is C13H11BrClFN2O. The lowest BCUT2D eigenvalue weighted by Crippen LogP contribution is -2.10. The van der Waals surface area contributed by atoms with Crippen LogP contribution in [0.2, 0.25) is 5.02 Å². The van der Waals surface area contributed by atoms with Gasteiger partial charge in [-0.15, -0.1) is 0 Å². The number of hydrogen-bond acceptors (Lipinski definition) is 2. The molecule has 0 spiro atoms. The Hall–Kier alpha value is -1.20. The summed E-state index contributed by atoms with van der Waals surface area (Å²) in [6.45, 7) is 1.83. The Morgan fingerprint density at radius 1 is 1.53 bits per heavy atom. The van der Waals surface area contributed by atoms with Crippen molar-refractivity contribution in [3.8, 4) is 0 Å². The van der Waals surface area contributed by atoms with Crippen LogP contribution in [0.1, 0.15) is 21.7 Å². The predicted molar refractivity (Wildman–Crippen MR) is 75.1 cm³/mol. The van der Waals surface area contributed by atoms with E-state index >= 15 is 0 Å². The molecule has 0 N–H and O–H groups in total. The molecule has 100 valence electrons. The second-order valence-corrected chi connectivity index (χ2v) is 5.42. The van der Waals surface area contributed by atoms with E-state index in [9.17, 15) is 9.18 Å². The lowest BCUT2D eigenvalue weighted by atomic mass is 10.1. The fourth-order valence-electron chi connectivity index (χ4n) is 1.83. The van der Waals surface area contributed by atoms with Gasteiger partial charge >= 0.3 is 0 Å². The molecule has 19 heavy (non-hydrogen) atoms. The van der Waals surface area contributed by atoms with Gasteiger partial charge < -0.3 is 0 Å². The van der Waals surface area contributed by atoms with E-state index in [1.807, 2.05) is 6.92 Å². The Bertz CT molecular complexity index is 654. The second kappa shape index (κ2) is 5.43. The predicted octanol–water partition coefficient (Wildman–Crippen LogP) is 3.71. The molecule has 0 amide bonds. The van der Waals surface area contributed by atoms with Crippen molar-refractivity contribution < 1.29 is 9.18 Å². The van der Waals surface area contributed by atoms with Crippen LogP contribution in [-0.2, 0) is 13.5 Å². The van der Waals surface area contributed by atoms with Crippen LogP contribution in [0.15, 0.2) is 22.7 Å². The zero-order chi connectivity index (χ0) is 14.2. The molecule has 3 nitrogen and oxygen atoms in total. The van der Waals surface area contributed by atoms with Crippen molar-refractivity contribution >= 4 is 33.3 Å². The van der Waals surface area contributed by atoms with E-state index in [1.165, 1.54) is 18.2 Å². The average Bonchev–Trinajstić information content (AvgIpc) is 2.59. The van der Waals surface area contributed by atoms with Gasteiger partial charge in [0.15, 0.2) is 5.78 Å². The number of aromatic nitrogens is 2. The van der Waals surface area contributed by atoms with Gasteiger partial charge in [0, 0.05) is 12.1 Å². The fourth-order valence-corrected chi connectivity index (χ4v) is 2.48. The second-order valence-electron chi connectivity index (χ2n) is 4.19. The molecule has 2 aromatic rings. The number of rotatable bonds is 3. The van der Waals surface area contributed by atoms with Crippen LogP contribution in [0.5, 0.6) is 0 Å². The zero-order valence-corrected chi connectivity index (χ0v) is 12.7. The topological polar surface area (TPSA) is 34.9 Å². The third-order valence-corrected chi connectivity index (χ3v) is 4.09. The van der Waals surface area contributed by atoms with Crippen molar-refractivity contribution in [2.75, 3.05) is 0 Å². The maximum absolute atomic E-state index is 13.6. The summed E-state index contributed by atoms with van der Waals surface area (Å²) in [5.74, 6) is -0.895. The maximum atomic E-state index is 13.6. The van der Waals surface area contributed by atoms with Crippen LogP contribution in [0, 0.1) is 12.7 Å². The quantitative estimate of drug-likeness (QED) is 0.795. The number of aryl methyl sites for hydroxylation is 2. The summed E-state index contributed by atoms with van der Waals surface area (Å²) in [4.78, 5) is 12.1. The number of carbonyl (C=O) groups is 1. The van der Waals surface area contributed by atoms with Crippen LogP contribution in [0.3, 0.4) is 0 Å². The van der Waals surface area contributed by atoms with Gasteiger partial charge in [-0.2, -0.15) is 5.10 Å². The van der Waals surface area contributed by atoms with Gasteiger partial charge in [0.05, 0.1) is 27.8 Å². The molecule has 1 heterocycles. The normalized spacial score (nSPS) is 10.8. The highest BCUT2D eigenvalue weighted by molar-refractivity contribution is 9.10. The van der Waals surface area contributed by atoms with E-state index in [2.05, 4.69) is 21.0 Å². The first-order valence-corrected chi connectivity index (χ1v) is 6.73. The molecule has 0 radical (unpaired) electrons. The van der Waals surface area contributed by atoms with Crippen LogP contribution in [0.4, 0.5) is 4.39 Å². The fraction of sp³-hybridized carbons (Fsp3) is 0.231. The van der Waals surface area contributed by atoms with Crippen molar-refractivity contribution in [2.24, 2.45) is 7.05 Å². The molecule has 0 bridgehead atoms. The van der Waals surface area contributed by atoms with Gasteiger partial charge in [0.2, 0.25) is 0 Å². The molecule has 0 aliphatic rings. The lowest BCUT2D eigenvalue weighted by Gasteiger charge is -2.05. The van der Waals surface area contributed by atoms with Crippen molar-refractivity contribution in [1.29, 1.82) is 0 Å². The smallest absolute Gasteiger partial charge is 0.171 e. The van der Waals surface area contributed by atoms with Crippen LogP contribution >= 0.6 is 27.5 Å². The van der Waals surface area contributed by atoms with Gasteiger partial charge in [0.25, 0.3) is 0 Å². The first kappa shape index (κ1) is 14.2. The standard InChI is InChI=1S/C13H11BrClFN2O/c1-7-13(14)11(18(2)17-7)6-12(19)9-5-8(15)3-4-10(9)16/h3-5H,6H2,1-2H3. The maximum Gasteiger partial charge on any atom is 0.171 e. The highest BCUT2D eigenvalue weighted by Gasteiger charge is 2.18. The largest absolute Gasteiger partial charge is 0.294 e. The summed E-state index contributed by atoms with van der Waals surface area (Å²) < 4.78 is 16.0. The Morgan fingerprint density at radius 2 is 2.21 bits per heavy atom. The van der Waals surface area contributed by atoms with E-state index in [4.69, 9.17) is 11.6 Å². The molecule has 1 aromatic heterocycles. The number of nitrogens with zero attached hydrogens (tertiary/aromatic N) is 2. The number of carbonyl (C=O) groups excluding carboxylic acids is 1. The molecule has 6 heteroatoms. The number of Topliss-reactive ketones (excluding diaryl/α,β-unsaturated/α-hetero) is 1. The Morgan fingerprint density at radius 3 is 2.79 bits per heavy atom. The molecule has 1 aromatic carbocycles.